The van der Waals surface area contributed by atoms with E-state index in [9.17, 15) is 5.11 Å². The van der Waals surface area contributed by atoms with E-state index in [2.05, 4.69) is 48.6 Å². The van der Waals surface area contributed by atoms with E-state index in [0.29, 0.717) is 11.7 Å². The van der Waals surface area contributed by atoms with Gasteiger partial charge in [-0.05, 0) is 35.1 Å². The predicted octanol–water partition coefficient (Wildman–Crippen LogP) is 3.04. The summed E-state index contributed by atoms with van der Waals surface area (Å²) in [6.45, 7) is 0. The number of hydrogen-bond acceptors (Lipinski definition) is 1. The number of aliphatic hydroxyl groups excluding tert-OH is 1. The molecule has 0 heterocycles. The van der Waals surface area contributed by atoms with Crippen molar-refractivity contribution >= 4 is 17.9 Å². The second kappa shape index (κ2) is 4.92. The summed E-state index contributed by atoms with van der Waals surface area (Å²) >= 11 is 0. The lowest BCUT2D eigenvalue weighted by atomic mass is 9.77. The first kappa shape index (κ1) is 12.5. The Hall–Kier alpha value is -2.28. The molecule has 0 saturated carbocycles. The van der Waals surface area contributed by atoms with Crippen LogP contribution in [-0.2, 0) is 6.42 Å². The highest BCUT2D eigenvalue weighted by Gasteiger charge is 2.27. The van der Waals surface area contributed by atoms with Gasteiger partial charge in [0.2, 0.25) is 0 Å². The average Bonchev–Trinajstić information content (AvgIpc) is 2.55. The fraction of sp³-hybridized carbons (Fsp3) is 0.200. The van der Waals surface area contributed by atoms with Crippen LogP contribution in [0.15, 0.2) is 54.6 Å². The molecule has 2 atom stereocenters. The lowest BCUT2D eigenvalue weighted by Crippen LogP contribution is -2.35. The zero-order chi connectivity index (χ0) is 14.2. The molecule has 0 spiro atoms. The molecule has 21 heavy (non-hydrogen) atoms. The molecule has 4 rings (SSSR count). The van der Waals surface area contributed by atoms with E-state index in [1.54, 1.807) is 0 Å². The summed E-state index contributed by atoms with van der Waals surface area (Å²) in [7, 11) is 0. The quantitative estimate of drug-likeness (QED) is 0.847. The molecule has 2 aliphatic rings. The molecule has 2 unspecified atom stereocenters. The smallest absolute Gasteiger partial charge is 0.104 e. The van der Waals surface area contributed by atoms with Crippen LogP contribution in [-0.4, -0.2) is 5.11 Å². The SMILES string of the molecule is OC1=c2ccccc2=CCC1C1C=Cc2ccccc2C1. The van der Waals surface area contributed by atoms with Crippen LogP contribution >= 0.6 is 0 Å². The molecule has 0 radical (unpaired) electrons. The summed E-state index contributed by atoms with van der Waals surface area (Å²) in [5.74, 6) is 1.14. The lowest BCUT2D eigenvalue weighted by molar-refractivity contribution is 0.366. The number of fused-ring (bicyclic) bond motifs is 2. The van der Waals surface area contributed by atoms with Gasteiger partial charge in [-0.1, -0.05) is 66.8 Å². The summed E-state index contributed by atoms with van der Waals surface area (Å²) in [6.07, 6.45) is 8.66. The third kappa shape index (κ3) is 2.09. The van der Waals surface area contributed by atoms with Crippen LogP contribution in [0.3, 0.4) is 0 Å². The van der Waals surface area contributed by atoms with Crippen molar-refractivity contribution in [2.24, 2.45) is 11.8 Å². The molecule has 1 heteroatoms. The first-order valence-electron chi connectivity index (χ1n) is 7.57. The second-order valence-corrected chi connectivity index (χ2v) is 5.94. The Morgan fingerprint density at radius 3 is 2.71 bits per heavy atom. The van der Waals surface area contributed by atoms with Crippen LogP contribution in [0.4, 0.5) is 0 Å². The van der Waals surface area contributed by atoms with Crippen molar-refractivity contribution in [3.63, 3.8) is 0 Å². The molecule has 1 nitrogen and oxygen atoms in total. The number of rotatable bonds is 1. The molecule has 2 aromatic carbocycles. The van der Waals surface area contributed by atoms with E-state index >= 15 is 0 Å². The third-order valence-electron chi connectivity index (χ3n) is 4.73. The zero-order valence-corrected chi connectivity index (χ0v) is 11.9. The van der Waals surface area contributed by atoms with Crippen molar-refractivity contribution in [3.05, 3.63) is 76.2 Å². The van der Waals surface area contributed by atoms with Crippen molar-refractivity contribution in [1.82, 2.24) is 0 Å². The molecule has 0 fully saturated rings. The van der Waals surface area contributed by atoms with Crippen molar-refractivity contribution < 1.29 is 5.11 Å². The van der Waals surface area contributed by atoms with Gasteiger partial charge in [-0.2, -0.15) is 0 Å². The highest BCUT2D eigenvalue weighted by atomic mass is 16.3. The van der Waals surface area contributed by atoms with Gasteiger partial charge in [0.1, 0.15) is 5.76 Å². The predicted molar refractivity (Wildman–Crippen MR) is 87.0 cm³/mol. The molecule has 0 amide bonds. The van der Waals surface area contributed by atoms with Crippen molar-refractivity contribution in [1.29, 1.82) is 0 Å². The Bertz CT molecular complexity index is 829. The summed E-state index contributed by atoms with van der Waals surface area (Å²) in [5.41, 5.74) is 2.70. The number of aliphatic hydroxyl groups is 1. The fourth-order valence-electron chi connectivity index (χ4n) is 3.56. The Balaban J connectivity index is 1.73. The number of hydrogen-bond donors (Lipinski definition) is 1. The first-order valence-corrected chi connectivity index (χ1v) is 7.57. The van der Waals surface area contributed by atoms with E-state index in [-0.39, 0.29) is 5.92 Å². The highest BCUT2D eigenvalue weighted by Crippen LogP contribution is 2.33. The van der Waals surface area contributed by atoms with E-state index in [4.69, 9.17) is 0 Å². The second-order valence-electron chi connectivity index (χ2n) is 5.94. The van der Waals surface area contributed by atoms with Crippen molar-refractivity contribution in [2.45, 2.75) is 12.8 Å². The van der Waals surface area contributed by atoms with E-state index in [1.165, 1.54) is 11.1 Å². The molecular formula is C20H18O. The number of benzene rings is 2. The van der Waals surface area contributed by atoms with Crippen LogP contribution in [0.2, 0.25) is 0 Å². The minimum absolute atomic E-state index is 0.199. The van der Waals surface area contributed by atoms with Gasteiger partial charge in [0.15, 0.2) is 0 Å². The first-order chi connectivity index (χ1) is 10.3. The van der Waals surface area contributed by atoms with Gasteiger partial charge in [-0.15, -0.1) is 0 Å². The molecule has 0 aromatic heterocycles. The monoisotopic (exact) mass is 274 g/mol. The Morgan fingerprint density at radius 2 is 1.76 bits per heavy atom. The Morgan fingerprint density at radius 1 is 0.952 bits per heavy atom. The highest BCUT2D eigenvalue weighted by molar-refractivity contribution is 5.58. The maximum absolute atomic E-state index is 10.7. The molecule has 1 N–H and O–H groups in total. The number of allylic oxidation sites excluding steroid dienone is 1. The molecule has 0 bridgehead atoms. The Labute approximate surface area is 124 Å². The van der Waals surface area contributed by atoms with Gasteiger partial charge in [-0.3, -0.25) is 0 Å². The molecular weight excluding hydrogens is 256 g/mol. The van der Waals surface area contributed by atoms with E-state index in [0.717, 1.165) is 23.3 Å². The summed E-state index contributed by atoms with van der Waals surface area (Å²) < 4.78 is 0. The van der Waals surface area contributed by atoms with Gasteiger partial charge in [0.05, 0.1) is 0 Å². The van der Waals surface area contributed by atoms with Gasteiger partial charge >= 0.3 is 0 Å². The Kier molecular flexibility index (Phi) is 2.92. The third-order valence-corrected chi connectivity index (χ3v) is 4.73. The maximum atomic E-state index is 10.7. The van der Waals surface area contributed by atoms with Gasteiger partial charge in [0, 0.05) is 11.1 Å². The van der Waals surface area contributed by atoms with E-state index < -0.39 is 0 Å². The zero-order valence-electron chi connectivity index (χ0n) is 11.9. The molecule has 2 aromatic rings. The van der Waals surface area contributed by atoms with Crippen LogP contribution in [0.25, 0.3) is 17.9 Å². The van der Waals surface area contributed by atoms with E-state index in [1.807, 2.05) is 18.2 Å². The fourth-order valence-corrected chi connectivity index (χ4v) is 3.56. The van der Waals surface area contributed by atoms with Crippen LogP contribution < -0.4 is 10.4 Å². The van der Waals surface area contributed by atoms with Gasteiger partial charge < -0.3 is 5.11 Å². The normalized spacial score (nSPS) is 23.1. The molecule has 104 valence electrons. The maximum Gasteiger partial charge on any atom is 0.104 e. The van der Waals surface area contributed by atoms with Crippen molar-refractivity contribution in [3.8, 4) is 0 Å². The standard InChI is InChI=1S/C20H18O/c21-20-18-8-4-3-6-15(18)11-12-19(20)17-10-9-14-5-1-2-7-16(14)13-17/h1-11,17,19,21H,12-13H2. The molecule has 2 aliphatic carbocycles. The molecule has 0 saturated heterocycles. The summed E-state index contributed by atoms with van der Waals surface area (Å²) in [6, 6.07) is 16.7. The largest absolute Gasteiger partial charge is 0.511 e. The van der Waals surface area contributed by atoms with Crippen LogP contribution in [0.1, 0.15) is 17.5 Å². The average molecular weight is 274 g/mol. The van der Waals surface area contributed by atoms with Gasteiger partial charge in [0.25, 0.3) is 0 Å². The lowest BCUT2D eigenvalue weighted by Gasteiger charge is -2.28. The van der Waals surface area contributed by atoms with Crippen LogP contribution in [0, 0.1) is 11.8 Å². The van der Waals surface area contributed by atoms with Gasteiger partial charge in [-0.25, -0.2) is 0 Å². The minimum atomic E-state index is 0.199. The summed E-state index contributed by atoms with van der Waals surface area (Å²) in [5, 5.41) is 12.8. The topological polar surface area (TPSA) is 20.2 Å². The minimum Gasteiger partial charge on any atom is -0.511 e. The molecule has 0 aliphatic heterocycles. The van der Waals surface area contributed by atoms with Crippen molar-refractivity contribution in [2.75, 3.05) is 0 Å². The summed E-state index contributed by atoms with van der Waals surface area (Å²) in [4.78, 5) is 0. The van der Waals surface area contributed by atoms with Crippen LogP contribution in [0.5, 0.6) is 0 Å².